The van der Waals surface area contributed by atoms with Crippen molar-refractivity contribution < 1.29 is 13.2 Å². The number of nitrogens with one attached hydrogen (secondary N) is 1. The average molecular weight is 438 g/mol. The van der Waals surface area contributed by atoms with E-state index in [1.54, 1.807) is 19.1 Å². The summed E-state index contributed by atoms with van der Waals surface area (Å²) in [6, 6.07) is 3.08. The molecule has 0 unspecified atom stereocenters. The largest absolute Gasteiger partial charge is 0.333 e. The van der Waals surface area contributed by atoms with Crippen molar-refractivity contribution in [3.63, 3.8) is 0 Å². The number of rotatable bonds is 7. The fourth-order valence-corrected chi connectivity index (χ4v) is 3.45. The Morgan fingerprint density at radius 2 is 2.10 bits per heavy atom. The molecule has 29 heavy (non-hydrogen) atoms. The quantitative estimate of drug-likeness (QED) is 0.660. The summed E-state index contributed by atoms with van der Waals surface area (Å²) in [5.74, 6) is 0.218. The van der Waals surface area contributed by atoms with Crippen LogP contribution in [0.25, 0.3) is 0 Å². The highest BCUT2D eigenvalue weighted by Gasteiger charge is 2.32. The lowest BCUT2D eigenvalue weighted by Gasteiger charge is -2.31. The summed E-state index contributed by atoms with van der Waals surface area (Å²) in [4.78, 5) is 26.9. The highest BCUT2D eigenvalue weighted by atomic mass is 35.5. The number of carbonyl (C=O) groups is 1. The molecule has 1 aliphatic rings. The van der Waals surface area contributed by atoms with Crippen molar-refractivity contribution in [1.29, 1.82) is 0 Å². The van der Waals surface area contributed by atoms with Crippen LogP contribution in [0, 0.1) is 0 Å². The van der Waals surface area contributed by atoms with Gasteiger partial charge in [-0.15, -0.1) is 0 Å². The van der Waals surface area contributed by atoms with Crippen LogP contribution in [0.4, 0.5) is 0 Å². The van der Waals surface area contributed by atoms with Crippen LogP contribution in [0.5, 0.6) is 0 Å². The number of carbonyl (C=O) groups excluding carboxylic acids is 1. The van der Waals surface area contributed by atoms with Crippen LogP contribution in [-0.2, 0) is 21.2 Å². The predicted molar refractivity (Wildman–Crippen MR) is 114 cm³/mol. The molecule has 1 aliphatic heterocycles. The van der Waals surface area contributed by atoms with Crippen LogP contribution in [0.1, 0.15) is 32.8 Å². The Morgan fingerprint density at radius 1 is 1.38 bits per heavy atom. The summed E-state index contributed by atoms with van der Waals surface area (Å²) in [5, 5.41) is 3.08. The second-order valence-electron chi connectivity index (χ2n) is 6.17. The van der Waals surface area contributed by atoms with Gasteiger partial charge < -0.3 is 5.32 Å². The number of amidine groups is 2. The number of sulfone groups is 1. The van der Waals surface area contributed by atoms with Gasteiger partial charge in [-0.3, -0.25) is 14.7 Å². The lowest BCUT2D eigenvalue weighted by atomic mass is 10.2. The Labute approximate surface area is 176 Å². The molecule has 1 aromatic heterocycles. The molecule has 0 bridgehead atoms. The number of nitrogens with zero attached hydrogens (tertiary/aromatic N) is 4. The molecule has 8 nitrogen and oxygen atoms in total. The summed E-state index contributed by atoms with van der Waals surface area (Å²) in [5.41, 5.74) is 1.28. The first-order valence-electron chi connectivity index (χ1n) is 9.14. The Bertz CT molecular complexity index is 982. The van der Waals surface area contributed by atoms with Gasteiger partial charge in [-0.2, -0.15) is 0 Å². The summed E-state index contributed by atoms with van der Waals surface area (Å²) in [7, 11) is -3.36. The van der Waals surface area contributed by atoms with E-state index in [2.05, 4.69) is 26.9 Å². The van der Waals surface area contributed by atoms with E-state index in [4.69, 9.17) is 11.6 Å². The van der Waals surface area contributed by atoms with Crippen molar-refractivity contribution in [2.75, 3.05) is 12.3 Å². The molecule has 10 heteroatoms. The zero-order valence-corrected chi connectivity index (χ0v) is 18.2. The minimum atomic E-state index is -3.36. The molecule has 2 rings (SSSR count). The van der Waals surface area contributed by atoms with E-state index in [1.807, 2.05) is 13.8 Å². The van der Waals surface area contributed by atoms with Gasteiger partial charge >= 0.3 is 0 Å². The Hall–Kier alpha value is -2.52. The zero-order valence-electron chi connectivity index (χ0n) is 16.6. The first-order valence-corrected chi connectivity index (χ1v) is 11.2. The molecular formula is C19H24ClN5O3S. The molecular weight excluding hydrogens is 414 g/mol. The normalized spacial score (nSPS) is 19.1. The number of aliphatic imine (C=N–C) groups is 2. The summed E-state index contributed by atoms with van der Waals surface area (Å²) in [6.45, 7) is 9.51. The molecule has 1 amide bonds. The van der Waals surface area contributed by atoms with Gasteiger partial charge in [-0.25, -0.2) is 18.4 Å². The van der Waals surface area contributed by atoms with Crippen LogP contribution in [0.3, 0.4) is 0 Å². The number of allylic oxidation sites excluding steroid dienone is 1. The fraction of sp³-hybridized carbons (Fsp3) is 0.368. The van der Waals surface area contributed by atoms with E-state index < -0.39 is 9.84 Å². The second kappa shape index (κ2) is 9.80. The van der Waals surface area contributed by atoms with Gasteiger partial charge in [0, 0.05) is 12.7 Å². The van der Waals surface area contributed by atoms with Gasteiger partial charge in [-0.1, -0.05) is 44.2 Å². The van der Waals surface area contributed by atoms with Gasteiger partial charge in [-0.05, 0) is 25.0 Å². The fourth-order valence-electron chi connectivity index (χ4n) is 2.59. The van der Waals surface area contributed by atoms with Crippen molar-refractivity contribution >= 4 is 39.0 Å². The van der Waals surface area contributed by atoms with Gasteiger partial charge in [0.1, 0.15) is 5.16 Å². The molecule has 2 heterocycles. The molecule has 0 atom stereocenters. The molecule has 1 aromatic rings. The van der Waals surface area contributed by atoms with Crippen molar-refractivity contribution in [1.82, 2.24) is 15.2 Å². The lowest BCUT2D eigenvalue weighted by Crippen LogP contribution is -2.54. The third kappa shape index (κ3) is 5.51. The maximum atomic E-state index is 12.9. The van der Waals surface area contributed by atoms with Crippen LogP contribution < -0.4 is 5.32 Å². The van der Waals surface area contributed by atoms with Crippen LogP contribution in [-0.4, -0.2) is 48.2 Å². The number of halogens is 1. The summed E-state index contributed by atoms with van der Waals surface area (Å²) >= 11 is 5.82. The van der Waals surface area contributed by atoms with Gasteiger partial charge in [0.25, 0.3) is 5.91 Å². The van der Waals surface area contributed by atoms with Crippen molar-refractivity contribution in [2.45, 2.75) is 38.8 Å². The lowest BCUT2D eigenvalue weighted by molar-refractivity contribution is -0.121. The molecule has 0 aromatic carbocycles. The maximum absolute atomic E-state index is 12.9. The van der Waals surface area contributed by atoms with Crippen molar-refractivity contribution in [2.24, 2.45) is 9.98 Å². The molecule has 1 N–H and O–H groups in total. The van der Waals surface area contributed by atoms with E-state index in [1.165, 1.54) is 17.2 Å². The summed E-state index contributed by atoms with van der Waals surface area (Å²) in [6.07, 6.45) is 3.95. The predicted octanol–water partition coefficient (Wildman–Crippen LogP) is 2.63. The number of aromatic nitrogens is 1. The first-order chi connectivity index (χ1) is 13.7. The number of amides is 1. The molecule has 0 radical (unpaired) electrons. The van der Waals surface area contributed by atoms with Crippen molar-refractivity contribution in [3.05, 3.63) is 47.4 Å². The Kier molecular flexibility index (Phi) is 7.69. The van der Waals surface area contributed by atoms with Gasteiger partial charge in [0.15, 0.2) is 26.5 Å². The van der Waals surface area contributed by atoms with E-state index >= 15 is 0 Å². The monoisotopic (exact) mass is 437 g/mol. The topological polar surface area (TPSA) is 104 Å². The van der Waals surface area contributed by atoms with Crippen molar-refractivity contribution in [3.8, 4) is 0 Å². The number of pyridine rings is 1. The highest BCUT2D eigenvalue weighted by Crippen LogP contribution is 2.15. The van der Waals surface area contributed by atoms with Gasteiger partial charge in [0.2, 0.25) is 0 Å². The highest BCUT2D eigenvalue weighted by molar-refractivity contribution is 7.91. The second-order valence-corrected chi connectivity index (χ2v) is 8.83. The van der Waals surface area contributed by atoms with Crippen LogP contribution in [0.15, 0.2) is 56.8 Å². The number of hydrogen-bond acceptors (Lipinski definition) is 6. The summed E-state index contributed by atoms with van der Waals surface area (Å²) < 4.78 is 23.7. The first kappa shape index (κ1) is 22.8. The van der Waals surface area contributed by atoms with E-state index in [0.717, 1.165) is 6.42 Å². The minimum absolute atomic E-state index is 0.0158. The molecule has 156 valence electrons. The maximum Gasteiger partial charge on any atom is 0.294 e. The third-order valence-corrected chi connectivity index (χ3v) is 5.80. The van der Waals surface area contributed by atoms with E-state index in [9.17, 15) is 13.2 Å². The molecule has 0 saturated carbocycles. The molecule has 0 aliphatic carbocycles. The molecule has 1 saturated heterocycles. The number of piperazine rings is 1. The SMILES string of the molecule is C=C(Cl)N=C1/C(=C\C)NC(=NCc2ccc(S(=O)(=O)CC)nc2)C(=O)N1CCC. The molecule has 0 spiro atoms. The van der Waals surface area contributed by atoms with Gasteiger partial charge in [0.05, 0.1) is 18.0 Å². The minimum Gasteiger partial charge on any atom is -0.333 e. The van der Waals surface area contributed by atoms with Crippen LogP contribution >= 0.6 is 11.6 Å². The zero-order chi connectivity index (χ0) is 21.6. The van der Waals surface area contributed by atoms with Crippen LogP contribution in [0.2, 0.25) is 0 Å². The Morgan fingerprint density at radius 3 is 2.62 bits per heavy atom. The third-order valence-electron chi connectivity index (χ3n) is 4.08. The van der Waals surface area contributed by atoms with E-state index in [0.29, 0.717) is 23.6 Å². The smallest absolute Gasteiger partial charge is 0.294 e. The molecule has 1 fully saturated rings. The standard InChI is InChI=1S/C19H24ClN5O3S/c1-5-10-25-18(23-13(4)20)15(6-2)24-17(19(25)26)22-12-14-8-9-16(21-11-14)29(27,28)7-3/h6,8-9,11H,4-5,7,10,12H2,1-3H3,(H,22,24)/b15-6+,23-18?. The number of hydrogen-bond donors (Lipinski definition) is 1. The average Bonchev–Trinajstić information content (AvgIpc) is 2.70. The van der Waals surface area contributed by atoms with E-state index in [-0.39, 0.29) is 34.2 Å². The Balaban J connectivity index is 2.29.